The number of anilines is 2. The molecule has 1 atom stereocenters. The normalized spacial score (nSPS) is 16.4. The monoisotopic (exact) mass is 346 g/mol. The van der Waals surface area contributed by atoms with Crippen molar-refractivity contribution < 1.29 is 9.47 Å². The molecule has 0 saturated heterocycles. The molecule has 1 aliphatic rings. The molecule has 4 nitrogen and oxygen atoms in total. The molecule has 5 heteroatoms. The number of nitrogens with two attached hydrogens (primary N) is 1. The van der Waals surface area contributed by atoms with Crippen LogP contribution in [0.5, 0.6) is 11.5 Å². The van der Waals surface area contributed by atoms with Gasteiger partial charge in [0.25, 0.3) is 0 Å². The Morgan fingerprint density at radius 3 is 2.79 bits per heavy atom. The average Bonchev–Trinajstić information content (AvgIpc) is 2.55. The van der Waals surface area contributed by atoms with Crippen molar-refractivity contribution in [2.24, 2.45) is 0 Å². The maximum atomic E-state index is 5.88. The second-order valence-electron chi connectivity index (χ2n) is 6.11. The van der Waals surface area contributed by atoms with Gasteiger partial charge < -0.3 is 20.1 Å². The van der Waals surface area contributed by atoms with Crippen LogP contribution >= 0.6 is 11.6 Å². The molecule has 0 saturated carbocycles. The van der Waals surface area contributed by atoms with Crippen molar-refractivity contribution in [1.82, 2.24) is 0 Å². The molecule has 2 aromatic rings. The van der Waals surface area contributed by atoms with Crippen molar-refractivity contribution in [3.63, 3.8) is 0 Å². The summed E-state index contributed by atoms with van der Waals surface area (Å²) in [6.45, 7) is 4.67. The van der Waals surface area contributed by atoms with Crippen molar-refractivity contribution in [2.75, 3.05) is 30.3 Å². The second kappa shape index (κ2) is 7.67. The fourth-order valence-corrected chi connectivity index (χ4v) is 3.01. The Balaban J connectivity index is 1.47. The van der Waals surface area contributed by atoms with Gasteiger partial charge in [-0.1, -0.05) is 11.6 Å². The van der Waals surface area contributed by atoms with Crippen LogP contribution in [0, 0.1) is 0 Å². The number of benzene rings is 2. The van der Waals surface area contributed by atoms with E-state index in [1.807, 2.05) is 42.5 Å². The van der Waals surface area contributed by atoms with Gasteiger partial charge in [0, 0.05) is 23.3 Å². The Hall–Kier alpha value is -2.07. The molecule has 128 valence electrons. The van der Waals surface area contributed by atoms with Crippen LogP contribution in [-0.2, 0) is 0 Å². The van der Waals surface area contributed by atoms with Gasteiger partial charge in [-0.05, 0) is 56.2 Å². The summed E-state index contributed by atoms with van der Waals surface area (Å²) in [7, 11) is 0. The van der Waals surface area contributed by atoms with Crippen LogP contribution in [0.3, 0.4) is 0 Å². The van der Waals surface area contributed by atoms with E-state index in [1.54, 1.807) is 0 Å². The molecule has 0 fully saturated rings. The highest BCUT2D eigenvalue weighted by Crippen LogP contribution is 2.35. The topological polar surface area (TPSA) is 47.7 Å². The van der Waals surface area contributed by atoms with Gasteiger partial charge in [0.05, 0.1) is 18.8 Å². The van der Waals surface area contributed by atoms with Gasteiger partial charge in [0.15, 0.2) is 0 Å². The highest BCUT2D eigenvalue weighted by molar-refractivity contribution is 6.30. The number of halogens is 1. The molecule has 2 aromatic carbocycles. The summed E-state index contributed by atoms with van der Waals surface area (Å²) in [4.78, 5) is 2.37. The van der Waals surface area contributed by atoms with E-state index in [1.165, 1.54) is 0 Å². The van der Waals surface area contributed by atoms with Crippen molar-refractivity contribution in [1.29, 1.82) is 0 Å². The smallest absolute Gasteiger partial charge is 0.145 e. The maximum Gasteiger partial charge on any atom is 0.145 e. The van der Waals surface area contributed by atoms with E-state index in [0.717, 1.165) is 53.8 Å². The molecule has 1 unspecified atom stereocenters. The van der Waals surface area contributed by atoms with E-state index < -0.39 is 0 Å². The molecule has 1 heterocycles. The average molecular weight is 347 g/mol. The Morgan fingerprint density at radius 1 is 1.21 bits per heavy atom. The van der Waals surface area contributed by atoms with Crippen LogP contribution in [0.2, 0.25) is 5.02 Å². The number of nitrogen functional groups attached to an aromatic ring is 1. The molecule has 0 spiro atoms. The lowest BCUT2D eigenvalue weighted by Gasteiger charge is -2.35. The molecule has 2 N–H and O–H groups in total. The molecular formula is C19H23ClN2O2. The van der Waals surface area contributed by atoms with Crippen LogP contribution in [0.25, 0.3) is 0 Å². The minimum absolute atomic E-state index is 0.171. The summed E-state index contributed by atoms with van der Waals surface area (Å²) in [5.41, 5.74) is 7.71. The van der Waals surface area contributed by atoms with Gasteiger partial charge in [0.2, 0.25) is 0 Å². The molecule has 1 aliphatic heterocycles. The first-order valence-electron chi connectivity index (χ1n) is 8.31. The molecule has 0 bridgehead atoms. The van der Waals surface area contributed by atoms with E-state index in [0.29, 0.717) is 6.61 Å². The lowest BCUT2D eigenvalue weighted by atomic mass is 10.1. The van der Waals surface area contributed by atoms with Crippen LogP contribution in [0.15, 0.2) is 42.5 Å². The fraction of sp³-hybridized carbons (Fsp3) is 0.368. The largest absolute Gasteiger partial charge is 0.494 e. The molecule has 0 aromatic heterocycles. The first kappa shape index (κ1) is 16.8. The van der Waals surface area contributed by atoms with Crippen molar-refractivity contribution in [3.8, 4) is 11.5 Å². The molecular weight excluding hydrogens is 324 g/mol. The van der Waals surface area contributed by atoms with Gasteiger partial charge in [-0.25, -0.2) is 0 Å². The lowest BCUT2D eigenvalue weighted by molar-refractivity contribution is 0.212. The first-order chi connectivity index (χ1) is 11.6. The number of ether oxygens (including phenoxy) is 2. The van der Waals surface area contributed by atoms with Gasteiger partial charge >= 0.3 is 0 Å². The standard InChI is InChI=1S/C19H23ClN2O2/c1-14-13-22(18-9-6-16(21)12-19(18)24-14)10-2-3-11-23-17-7-4-15(20)5-8-17/h4-9,12,14H,2-3,10-11,13,21H2,1H3. The quantitative estimate of drug-likeness (QED) is 0.623. The summed E-state index contributed by atoms with van der Waals surface area (Å²) < 4.78 is 11.6. The van der Waals surface area contributed by atoms with E-state index in [2.05, 4.69) is 11.8 Å². The van der Waals surface area contributed by atoms with E-state index in [9.17, 15) is 0 Å². The van der Waals surface area contributed by atoms with Crippen LogP contribution in [0.1, 0.15) is 19.8 Å². The molecule has 3 rings (SSSR count). The maximum absolute atomic E-state index is 5.88. The number of hydrogen-bond acceptors (Lipinski definition) is 4. The van der Waals surface area contributed by atoms with Gasteiger partial charge in [-0.2, -0.15) is 0 Å². The zero-order valence-electron chi connectivity index (χ0n) is 13.9. The Labute approximate surface area is 148 Å². The molecule has 24 heavy (non-hydrogen) atoms. The van der Waals surface area contributed by atoms with E-state index >= 15 is 0 Å². The minimum Gasteiger partial charge on any atom is -0.494 e. The Kier molecular flexibility index (Phi) is 5.36. The Morgan fingerprint density at radius 2 is 2.00 bits per heavy atom. The van der Waals surface area contributed by atoms with Crippen LogP contribution in [0.4, 0.5) is 11.4 Å². The summed E-state index contributed by atoms with van der Waals surface area (Å²) in [6, 6.07) is 13.3. The highest BCUT2D eigenvalue weighted by atomic mass is 35.5. The zero-order valence-corrected chi connectivity index (χ0v) is 14.6. The first-order valence-corrected chi connectivity index (χ1v) is 8.69. The predicted octanol–water partition coefficient (Wildman–Crippen LogP) is 4.37. The van der Waals surface area contributed by atoms with Crippen LogP contribution < -0.4 is 20.1 Å². The number of hydrogen-bond donors (Lipinski definition) is 1. The minimum atomic E-state index is 0.171. The number of fused-ring (bicyclic) bond motifs is 1. The third-order valence-corrected chi connectivity index (χ3v) is 4.29. The summed E-state index contributed by atoms with van der Waals surface area (Å²) >= 11 is 5.87. The van der Waals surface area contributed by atoms with Crippen molar-refractivity contribution >= 4 is 23.0 Å². The molecule has 0 amide bonds. The van der Waals surface area contributed by atoms with Crippen molar-refractivity contribution in [3.05, 3.63) is 47.5 Å². The van der Waals surface area contributed by atoms with Crippen LogP contribution in [-0.4, -0.2) is 25.8 Å². The lowest BCUT2D eigenvalue weighted by Crippen LogP contribution is -2.39. The number of unbranched alkanes of at least 4 members (excludes halogenated alkanes) is 1. The molecule has 0 radical (unpaired) electrons. The van der Waals surface area contributed by atoms with Gasteiger partial charge in [-0.15, -0.1) is 0 Å². The highest BCUT2D eigenvalue weighted by Gasteiger charge is 2.22. The number of nitrogens with zero attached hydrogens (tertiary/aromatic N) is 1. The fourth-order valence-electron chi connectivity index (χ4n) is 2.89. The van der Waals surface area contributed by atoms with E-state index in [-0.39, 0.29) is 6.10 Å². The second-order valence-corrected chi connectivity index (χ2v) is 6.55. The Bertz CT molecular complexity index is 676. The summed E-state index contributed by atoms with van der Waals surface area (Å²) in [5.74, 6) is 1.74. The number of rotatable bonds is 6. The molecule has 0 aliphatic carbocycles. The third kappa shape index (κ3) is 4.26. The van der Waals surface area contributed by atoms with Gasteiger partial charge in [0.1, 0.15) is 17.6 Å². The van der Waals surface area contributed by atoms with Gasteiger partial charge in [-0.3, -0.25) is 0 Å². The van der Waals surface area contributed by atoms with Crippen molar-refractivity contribution in [2.45, 2.75) is 25.9 Å². The zero-order chi connectivity index (χ0) is 16.9. The summed E-state index contributed by atoms with van der Waals surface area (Å²) in [5, 5.41) is 0.725. The van der Waals surface area contributed by atoms with E-state index in [4.69, 9.17) is 26.8 Å². The predicted molar refractivity (Wildman–Crippen MR) is 99.3 cm³/mol. The summed E-state index contributed by atoms with van der Waals surface area (Å²) in [6.07, 6.45) is 2.23. The SMILES string of the molecule is CC1CN(CCCCOc2ccc(Cl)cc2)c2ccc(N)cc2O1. The third-order valence-electron chi connectivity index (χ3n) is 4.03.